The van der Waals surface area contributed by atoms with Gasteiger partial charge in [-0.05, 0) is 43.9 Å². The first-order valence-electron chi connectivity index (χ1n) is 8.78. The fourth-order valence-corrected chi connectivity index (χ4v) is 3.20. The van der Waals surface area contributed by atoms with E-state index in [0.717, 1.165) is 32.4 Å². The molecule has 6 nitrogen and oxygen atoms in total. The molecule has 0 aliphatic carbocycles. The maximum atomic E-state index is 12.2. The Morgan fingerprint density at radius 3 is 2.71 bits per heavy atom. The summed E-state index contributed by atoms with van der Waals surface area (Å²) in [6, 6.07) is 6.33. The minimum atomic E-state index is -0.307. The first-order valence-corrected chi connectivity index (χ1v) is 8.78. The number of rotatable bonds is 3. The van der Waals surface area contributed by atoms with Crippen molar-refractivity contribution in [2.45, 2.75) is 39.4 Å². The highest BCUT2D eigenvalue weighted by Crippen LogP contribution is 2.22. The zero-order valence-corrected chi connectivity index (χ0v) is 14.6. The van der Waals surface area contributed by atoms with Crippen LogP contribution in [-0.4, -0.2) is 50.0 Å². The number of amides is 2. The Kier molecular flexibility index (Phi) is 5.58. The second-order valence-corrected chi connectivity index (χ2v) is 6.59. The molecule has 2 heterocycles. The van der Waals surface area contributed by atoms with Crippen molar-refractivity contribution in [1.82, 2.24) is 10.4 Å². The molecule has 2 aliphatic rings. The molecule has 2 fully saturated rings. The SMILES string of the molecule is Cc1ccc(C)c(N2CCN(C(=O)NOC3CCCCO3)CC2)c1. The largest absolute Gasteiger partial charge is 0.368 e. The van der Waals surface area contributed by atoms with E-state index < -0.39 is 0 Å². The summed E-state index contributed by atoms with van der Waals surface area (Å²) in [4.78, 5) is 21.7. The van der Waals surface area contributed by atoms with Crippen LogP contribution in [0.2, 0.25) is 0 Å². The van der Waals surface area contributed by atoms with Gasteiger partial charge in [0.1, 0.15) is 0 Å². The molecular weight excluding hydrogens is 306 g/mol. The van der Waals surface area contributed by atoms with E-state index in [1.807, 2.05) is 0 Å². The van der Waals surface area contributed by atoms with Crippen LogP contribution in [0, 0.1) is 13.8 Å². The molecule has 0 aromatic heterocycles. The molecular formula is C18H27N3O3. The van der Waals surface area contributed by atoms with Crippen LogP contribution in [-0.2, 0) is 9.57 Å². The summed E-state index contributed by atoms with van der Waals surface area (Å²) in [7, 11) is 0. The average Bonchev–Trinajstić information content (AvgIpc) is 2.63. The fourth-order valence-electron chi connectivity index (χ4n) is 3.20. The fraction of sp³-hybridized carbons (Fsp3) is 0.611. The molecule has 1 N–H and O–H groups in total. The number of piperazine rings is 1. The van der Waals surface area contributed by atoms with Crippen molar-refractivity contribution in [1.29, 1.82) is 0 Å². The molecule has 1 aromatic rings. The Morgan fingerprint density at radius 2 is 2.00 bits per heavy atom. The number of ether oxygens (including phenoxy) is 1. The van der Waals surface area contributed by atoms with Crippen LogP contribution >= 0.6 is 0 Å². The molecule has 0 bridgehead atoms. The summed E-state index contributed by atoms with van der Waals surface area (Å²) in [6.45, 7) is 7.98. The van der Waals surface area contributed by atoms with Gasteiger partial charge in [0.2, 0.25) is 0 Å². The summed E-state index contributed by atoms with van der Waals surface area (Å²) in [6.07, 6.45) is 2.67. The molecule has 2 amide bonds. The lowest BCUT2D eigenvalue weighted by atomic mass is 10.1. The van der Waals surface area contributed by atoms with E-state index >= 15 is 0 Å². The molecule has 0 saturated carbocycles. The Labute approximate surface area is 143 Å². The van der Waals surface area contributed by atoms with Crippen molar-refractivity contribution in [2.24, 2.45) is 0 Å². The number of hydrogen-bond acceptors (Lipinski definition) is 4. The van der Waals surface area contributed by atoms with Crippen LogP contribution in [0.5, 0.6) is 0 Å². The first-order chi connectivity index (χ1) is 11.6. The summed E-state index contributed by atoms with van der Waals surface area (Å²) in [5.41, 5.74) is 6.34. The molecule has 1 aromatic carbocycles. The van der Waals surface area contributed by atoms with Crippen LogP contribution in [0.4, 0.5) is 10.5 Å². The lowest BCUT2D eigenvalue weighted by Crippen LogP contribution is -2.52. The molecule has 2 saturated heterocycles. The Hall–Kier alpha value is -1.79. The Bertz CT molecular complexity index is 565. The van der Waals surface area contributed by atoms with Gasteiger partial charge >= 0.3 is 6.03 Å². The predicted molar refractivity (Wildman–Crippen MR) is 92.9 cm³/mol. The third kappa shape index (κ3) is 4.19. The van der Waals surface area contributed by atoms with E-state index in [1.165, 1.54) is 16.8 Å². The van der Waals surface area contributed by atoms with Crippen molar-refractivity contribution < 1.29 is 14.4 Å². The Balaban J connectivity index is 1.47. The minimum Gasteiger partial charge on any atom is -0.368 e. The summed E-state index contributed by atoms with van der Waals surface area (Å²) < 4.78 is 5.45. The molecule has 6 heteroatoms. The molecule has 24 heavy (non-hydrogen) atoms. The van der Waals surface area contributed by atoms with Gasteiger partial charge in [0.05, 0.1) is 0 Å². The normalized spacial score (nSPS) is 21.7. The van der Waals surface area contributed by atoms with E-state index in [4.69, 9.17) is 9.57 Å². The maximum absolute atomic E-state index is 12.2. The molecule has 3 rings (SSSR count). The van der Waals surface area contributed by atoms with Crippen LogP contribution in [0.1, 0.15) is 30.4 Å². The van der Waals surface area contributed by atoms with E-state index in [0.29, 0.717) is 19.7 Å². The number of carbonyl (C=O) groups is 1. The van der Waals surface area contributed by atoms with Crippen LogP contribution in [0.15, 0.2) is 18.2 Å². The van der Waals surface area contributed by atoms with Gasteiger partial charge < -0.3 is 14.5 Å². The van der Waals surface area contributed by atoms with Crippen LogP contribution in [0.25, 0.3) is 0 Å². The quantitative estimate of drug-likeness (QED) is 0.864. The molecule has 132 valence electrons. The van der Waals surface area contributed by atoms with Gasteiger partial charge in [0.15, 0.2) is 6.29 Å². The number of nitrogens with one attached hydrogen (secondary N) is 1. The lowest BCUT2D eigenvalue weighted by Gasteiger charge is -2.37. The van der Waals surface area contributed by atoms with Crippen molar-refractivity contribution in [3.63, 3.8) is 0 Å². The van der Waals surface area contributed by atoms with Gasteiger partial charge in [-0.2, -0.15) is 0 Å². The maximum Gasteiger partial charge on any atom is 0.341 e. The van der Waals surface area contributed by atoms with Gasteiger partial charge in [0, 0.05) is 44.9 Å². The first kappa shape index (κ1) is 17.0. The zero-order valence-electron chi connectivity index (χ0n) is 14.6. The number of anilines is 1. The number of hydrogen-bond donors (Lipinski definition) is 1. The molecule has 0 radical (unpaired) electrons. The van der Waals surface area contributed by atoms with Crippen LogP contribution < -0.4 is 10.4 Å². The molecule has 2 aliphatic heterocycles. The highest BCUT2D eigenvalue weighted by molar-refractivity contribution is 5.73. The minimum absolute atomic E-state index is 0.176. The van der Waals surface area contributed by atoms with Gasteiger partial charge in [-0.25, -0.2) is 15.1 Å². The smallest absolute Gasteiger partial charge is 0.341 e. The summed E-state index contributed by atoms with van der Waals surface area (Å²) in [5, 5.41) is 0. The zero-order chi connectivity index (χ0) is 16.9. The van der Waals surface area contributed by atoms with E-state index in [9.17, 15) is 4.79 Å². The van der Waals surface area contributed by atoms with E-state index in [2.05, 4.69) is 42.4 Å². The van der Waals surface area contributed by atoms with E-state index in [1.54, 1.807) is 4.90 Å². The van der Waals surface area contributed by atoms with Gasteiger partial charge in [-0.1, -0.05) is 12.1 Å². The lowest BCUT2D eigenvalue weighted by molar-refractivity contribution is -0.187. The Morgan fingerprint density at radius 1 is 1.21 bits per heavy atom. The average molecular weight is 333 g/mol. The molecule has 1 atom stereocenters. The highest BCUT2D eigenvalue weighted by Gasteiger charge is 2.23. The number of urea groups is 1. The summed E-state index contributed by atoms with van der Waals surface area (Å²) in [5.74, 6) is 0. The van der Waals surface area contributed by atoms with Crippen molar-refractivity contribution in [3.8, 4) is 0 Å². The number of nitrogens with zero attached hydrogens (tertiary/aromatic N) is 2. The van der Waals surface area contributed by atoms with Gasteiger partial charge in [-0.15, -0.1) is 0 Å². The number of aryl methyl sites for hydroxylation is 2. The third-order valence-electron chi connectivity index (χ3n) is 4.69. The molecule has 0 spiro atoms. The third-order valence-corrected chi connectivity index (χ3v) is 4.69. The standard InChI is InChI=1S/C18H27N3O3/c1-14-6-7-15(2)16(13-14)20-8-10-21(11-9-20)18(22)19-24-17-5-3-4-12-23-17/h6-7,13,17H,3-5,8-12H2,1-2H3,(H,19,22). The second-order valence-electron chi connectivity index (χ2n) is 6.59. The van der Waals surface area contributed by atoms with Gasteiger partial charge in [-0.3, -0.25) is 0 Å². The topological polar surface area (TPSA) is 54.0 Å². The number of benzene rings is 1. The predicted octanol–water partition coefficient (Wildman–Crippen LogP) is 2.59. The summed E-state index contributed by atoms with van der Waals surface area (Å²) >= 11 is 0. The van der Waals surface area contributed by atoms with Crippen molar-refractivity contribution in [3.05, 3.63) is 29.3 Å². The number of carbonyl (C=O) groups excluding carboxylic acids is 1. The van der Waals surface area contributed by atoms with Crippen molar-refractivity contribution in [2.75, 3.05) is 37.7 Å². The highest BCUT2D eigenvalue weighted by atomic mass is 16.8. The van der Waals surface area contributed by atoms with Crippen molar-refractivity contribution >= 4 is 11.7 Å². The number of hydroxylamine groups is 1. The van der Waals surface area contributed by atoms with E-state index in [-0.39, 0.29) is 12.3 Å². The van der Waals surface area contributed by atoms with Gasteiger partial charge in [0.25, 0.3) is 0 Å². The monoisotopic (exact) mass is 333 g/mol. The molecule has 1 unspecified atom stereocenters. The van der Waals surface area contributed by atoms with Crippen LogP contribution in [0.3, 0.4) is 0 Å². The second kappa shape index (κ2) is 7.85.